The molecule has 1 rings (SSSR count). The predicted molar refractivity (Wildman–Crippen MR) is 77.0 cm³/mol. The van der Waals surface area contributed by atoms with Crippen molar-refractivity contribution in [3.05, 3.63) is 24.4 Å². The van der Waals surface area contributed by atoms with Crippen molar-refractivity contribution in [2.24, 2.45) is 0 Å². The number of hydrogen-bond acceptors (Lipinski definition) is 5. The first kappa shape index (κ1) is 15.8. The van der Waals surface area contributed by atoms with Crippen LogP contribution in [0, 0.1) is 0 Å². The minimum atomic E-state index is -0.980. The summed E-state index contributed by atoms with van der Waals surface area (Å²) in [5.41, 5.74) is 0. The van der Waals surface area contributed by atoms with Crippen LogP contribution in [0.2, 0.25) is 0 Å². The van der Waals surface area contributed by atoms with E-state index in [-0.39, 0.29) is 5.91 Å². The van der Waals surface area contributed by atoms with E-state index in [9.17, 15) is 14.7 Å². The van der Waals surface area contributed by atoms with E-state index < -0.39 is 12.0 Å². The van der Waals surface area contributed by atoms with Crippen molar-refractivity contribution >= 4 is 33.5 Å². The van der Waals surface area contributed by atoms with Crippen LogP contribution in [-0.2, 0) is 9.59 Å². The van der Waals surface area contributed by atoms with Crippen molar-refractivity contribution in [3.63, 3.8) is 0 Å². The fraction of sp³-hybridized carbons (Fsp3) is 0.417. The molecule has 1 N–H and O–H groups in total. The minimum absolute atomic E-state index is 0.224. The molecule has 0 radical (unpaired) electrons. The molecule has 0 aliphatic rings. The van der Waals surface area contributed by atoms with Crippen molar-refractivity contribution in [3.8, 4) is 0 Å². The van der Waals surface area contributed by atoms with Crippen molar-refractivity contribution in [2.75, 3.05) is 12.3 Å². The molecule has 0 fully saturated rings. The summed E-state index contributed by atoms with van der Waals surface area (Å²) >= 11 is 0. The molecular formula is C12H16N2O3S2. The molecule has 0 saturated heterocycles. The predicted octanol–water partition coefficient (Wildman–Crippen LogP) is 2.14. The van der Waals surface area contributed by atoms with Gasteiger partial charge in [0, 0.05) is 25.4 Å². The van der Waals surface area contributed by atoms with Gasteiger partial charge in [-0.25, -0.2) is 9.78 Å². The molecule has 1 aromatic heterocycles. The molecule has 1 heterocycles. The molecule has 0 aromatic carbocycles. The molecule has 5 nitrogen and oxygen atoms in total. The Balaban J connectivity index is 2.55. The maximum absolute atomic E-state index is 11.4. The van der Waals surface area contributed by atoms with Crippen molar-refractivity contribution in [1.29, 1.82) is 0 Å². The van der Waals surface area contributed by atoms with Gasteiger partial charge in [-0.3, -0.25) is 4.79 Å². The molecule has 104 valence electrons. The van der Waals surface area contributed by atoms with E-state index in [2.05, 4.69) is 4.98 Å². The standard InChI is InChI=1S/C12H16N2O3S2/c1-3-14(9(2)15)10(12(16)17)8-18-19-11-6-4-5-7-13-11/h4-7,10H,3,8H2,1-2H3,(H,16,17)/t10-/m0/s1. The number of hydrogen-bond donors (Lipinski definition) is 1. The number of carbonyl (C=O) groups is 2. The number of carboxylic acids is 1. The molecule has 0 spiro atoms. The maximum atomic E-state index is 11.4. The van der Waals surface area contributed by atoms with Gasteiger partial charge < -0.3 is 10.0 Å². The van der Waals surface area contributed by atoms with Crippen LogP contribution in [0.5, 0.6) is 0 Å². The average molecular weight is 300 g/mol. The van der Waals surface area contributed by atoms with Gasteiger partial charge in [0.1, 0.15) is 11.1 Å². The number of likely N-dealkylation sites (N-methyl/N-ethyl adjacent to an activating group) is 1. The summed E-state index contributed by atoms with van der Waals surface area (Å²) in [6.45, 7) is 3.55. The van der Waals surface area contributed by atoms with Crippen LogP contribution in [0.25, 0.3) is 0 Å². The Hall–Kier alpha value is -1.21. The monoisotopic (exact) mass is 300 g/mol. The van der Waals surface area contributed by atoms with Crippen LogP contribution in [0.4, 0.5) is 0 Å². The van der Waals surface area contributed by atoms with Crippen LogP contribution < -0.4 is 0 Å². The van der Waals surface area contributed by atoms with Crippen LogP contribution in [0.15, 0.2) is 29.4 Å². The third kappa shape index (κ3) is 5.12. The number of amides is 1. The Kier molecular flexibility index (Phi) is 6.72. The van der Waals surface area contributed by atoms with Gasteiger partial charge in [-0.2, -0.15) is 0 Å². The highest BCUT2D eigenvalue weighted by molar-refractivity contribution is 8.76. The van der Waals surface area contributed by atoms with E-state index in [1.54, 1.807) is 13.1 Å². The summed E-state index contributed by atoms with van der Waals surface area (Å²) < 4.78 is 0. The third-order valence-corrected chi connectivity index (χ3v) is 4.67. The van der Waals surface area contributed by atoms with E-state index in [0.717, 1.165) is 5.03 Å². The average Bonchev–Trinajstić information content (AvgIpc) is 2.38. The molecule has 1 aromatic rings. The number of aliphatic carboxylic acids is 1. The van der Waals surface area contributed by atoms with Gasteiger partial charge in [0.2, 0.25) is 5.91 Å². The molecule has 0 bridgehead atoms. The zero-order valence-electron chi connectivity index (χ0n) is 10.8. The van der Waals surface area contributed by atoms with Gasteiger partial charge in [0.05, 0.1) is 0 Å². The quantitative estimate of drug-likeness (QED) is 0.778. The van der Waals surface area contributed by atoms with Crippen LogP contribution in [0.3, 0.4) is 0 Å². The lowest BCUT2D eigenvalue weighted by Gasteiger charge is -2.26. The number of pyridine rings is 1. The maximum Gasteiger partial charge on any atom is 0.327 e. The molecule has 0 saturated carbocycles. The molecule has 7 heteroatoms. The van der Waals surface area contributed by atoms with Crippen LogP contribution >= 0.6 is 21.6 Å². The van der Waals surface area contributed by atoms with Crippen LogP contribution in [0.1, 0.15) is 13.8 Å². The molecule has 0 unspecified atom stereocenters. The van der Waals surface area contributed by atoms with Crippen LogP contribution in [-0.4, -0.2) is 45.2 Å². The Morgan fingerprint density at radius 1 is 1.47 bits per heavy atom. The fourth-order valence-corrected chi connectivity index (χ4v) is 3.64. The number of nitrogens with zero attached hydrogens (tertiary/aromatic N) is 2. The zero-order chi connectivity index (χ0) is 14.3. The summed E-state index contributed by atoms with van der Waals surface area (Å²) in [7, 11) is 2.79. The summed E-state index contributed by atoms with van der Waals surface area (Å²) in [6.07, 6.45) is 1.69. The summed E-state index contributed by atoms with van der Waals surface area (Å²) in [6, 6.07) is 4.75. The highest BCUT2D eigenvalue weighted by atomic mass is 33.1. The third-order valence-electron chi connectivity index (χ3n) is 2.41. The van der Waals surface area contributed by atoms with Gasteiger partial charge in [0.25, 0.3) is 0 Å². The minimum Gasteiger partial charge on any atom is -0.480 e. The lowest BCUT2D eigenvalue weighted by Crippen LogP contribution is -2.45. The Labute approximate surface area is 120 Å². The van der Waals surface area contributed by atoms with E-state index >= 15 is 0 Å². The van der Waals surface area contributed by atoms with Gasteiger partial charge >= 0.3 is 5.97 Å². The normalized spacial score (nSPS) is 11.9. The second-order valence-electron chi connectivity index (χ2n) is 3.69. The first-order valence-electron chi connectivity index (χ1n) is 5.76. The SMILES string of the molecule is CCN(C(C)=O)[C@@H](CSSc1ccccn1)C(=O)O. The highest BCUT2D eigenvalue weighted by Gasteiger charge is 2.26. The van der Waals surface area contributed by atoms with E-state index in [1.165, 1.54) is 33.4 Å². The lowest BCUT2D eigenvalue weighted by molar-refractivity contribution is -0.148. The number of carboxylic acid groups (broad SMARTS) is 1. The van der Waals surface area contributed by atoms with Gasteiger partial charge in [-0.15, -0.1) is 0 Å². The molecule has 0 aliphatic heterocycles. The summed E-state index contributed by atoms with van der Waals surface area (Å²) in [4.78, 5) is 28.1. The summed E-state index contributed by atoms with van der Waals surface area (Å²) in [5.74, 6) is -0.881. The van der Waals surface area contributed by atoms with Crippen molar-refractivity contribution < 1.29 is 14.7 Å². The van der Waals surface area contributed by atoms with E-state index in [4.69, 9.17) is 0 Å². The fourth-order valence-electron chi connectivity index (χ4n) is 1.51. The molecule has 0 aliphatic carbocycles. The molecule has 19 heavy (non-hydrogen) atoms. The lowest BCUT2D eigenvalue weighted by atomic mass is 10.3. The number of aromatic nitrogens is 1. The second kappa shape index (κ2) is 8.06. The summed E-state index contributed by atoms with van der Waals surface area (Å²) in [5, 5.41) is 10.0. The first-order chi connectivity index (χ1) is 9.06. The zero-order valence-corrected chi connectivity index (χ0v) is 12.4. The van der Waals surface area contributed by atoms with E-state index in [0.29, 0.717) is 12.3 Å². The van der Waals surface area contributed by atoms with Gasteiger partial charge in [-0.1, -0.05) is 16.9 Å². The van der Waals surface area contributed by atoms with Crippen molar-refractivity contribution in [1.82, 2.24) is 9.88 Å². The highest BCUT2D eigenvalue weighted by Crippen LogP contribution is 2.30. The van der Waals surface area contributed by atoms with E-state index in [1.807, 2.05) is 18.2 Å². The Morgan fingerprint density at radius 2 is 2.21 bits per heavy atom. The van der Waals surface area contributed by atoms with Gasteiger partial charge in [0.15, 0.2) is 0 Å². The second-order valence-corrected chi connectivity index (χ2v) is 6.06. The Morgan fingerprint density at radius 3 is 2.68 bits per heavy atom. The first-order valence-corrected chi connectivity index (χ1v) is 8.08. The Bertz CT molecular complexity index is 428. The topological polar surface area (TPSA) is 70.5 Å². The largest absolute Gasteiger partial charge is 0.480 e. The van der Waals surface area contributed by atoms with Crippen molar-refractivity contribution in [2.45, 2.75) is 24.9 Å². The smallest absolute Gasteiger partial charge is 0.327 e. The molecular weight excluding hydrogens is 284 g/mol. The molecule has 1 atom stereocenters. The number of rotatable bonds is 7. The van der Waals surface area contributed by atoms with Gasteiger partial charge in [-0.05, 0) is 29.9 Å². The number of carbonyl (C=O) groups excluding carboxylic acids is 1. The molecule has 1 amide bonds.